The molecule has 10 nitrogen and oxygen atoms in total. The molecule has 0 saturated carbocycles. The van der Waals surface area contributed by atoms with Crippen molar-refractivity contribution in [3.05, 3.63) is 52.6 Å². The minimum absolute atomic E-state index is 0.0846. The number of pyridine rings is 1. The lowest BCUT2D eigenvalue weighted by Gasteiger charge is -2.41. The maximum absolute atomic E-state index is 13.4. The van der Waals surface area contributed by atoms with Crippen molar-refractivity contribution in [3.63, 3.8) is 0 Å². The Balaban J connectivity index is 1.11. The zero-order chi connectivity index (χ0) is 27.3. The number of hydrogen-bond acceptors (Lipinski definition) is 11. The predicted molar refractivity (Wildman–Crippen MR) is 140 cm³/mol. The molecule has 0 aliphatic carbocycles. The third-order valence-corrected chi connectivity index (χ3v) is 8.44. The zero-order valence-corrected chi connectivity index (χ0v) is 22.4. The van der Waals surface area contributed by atoms with Crippen LogP contribution in [0.5, 0.6) is 0 Å². The molecule has 1 N–H and O–H groups in total. The van der Waals surface area contributed by atoms with Crippen molar-refractivity contribution < 1.29 is 18.0 Å². The summed E-state index contributed by atoms with van der Waals surface area (Å²) in [5.41, 5.74) is 0.472. The number of nitrogens with zero attached hydrogens (tertiary/aromatic N) is 8. The Hall–Kier alpha value is -3.72. The van der Waals surface area contributed by atoms with E-state index >= 15 is 0 Å². The summed E-state index contributed by atoms with van der Waals surface area (Å²) in [5, 5.41) is 4.68. The summed E-state index contributed by atoms with van der Waals surface area (Å²) >= 11 is 2.77. The highest BCUT2D eigenvalue weighted by Crippen LogP contribution is 2.34. The molecule has 6 heterocycles. The van der Waals surface area contributed by atoms with Crippen molar-refractivity contribution in [3.8, 4) is 10.7 Å². The molecule has 4 aromatic heterocycles. The molecule has 39 heavy (non-hydrogen) atoms. The molecule has 0 unspecified atom stereocenters. The van der Waals surface area contributed by atoms with Gasteiger partial charge < -0.3 is 15.1 Å². The molecule has 0 aromatic carbocycles. The molecule has 2 aliphatic rings. The van der Waals surface area contributed by atoms with E-state index in [4.69, 9.17) is 0 Å². The number of carbonyl (C=O) groups is 1. The third kappa shape index (κ3) is 5.03. The van der Waals surface area contributed by atoms with Crippen LogP contribution in [0.2, 0.25) is 0 Å². The number of anilines is 3. The van der Waals surface area contributed by atoms with E-state index in [1.165, 1.54) is 17.7 Å². The molecular weight excluding hydrogens is 551 g/mol. The van der Waals surface area contributed by atoms with Crippen molar-refractivity contribution in [2.75, 3.05) is 23.3 Å². The minimum atomic E-state index is -4.48. The smallest absolute Gasteiger partial charge is 0.337 e. The van der Waals surface area contributed by atoms with Crippen molar-refractivity contribution in [1.82, 2.24) is 34.2 Å². The molecule has 2 fully saturated rings. The zero-order valence-electron chi connectivity index (χ0n) is 20.8. The van der Waals surface area contributed by atoms with Gasteiger partial charge in [0.25, 0.3) is 5.91 Å². The number of rotatable bonds is 5. The molecule has 6 rings (SSSR count). The molecule has 2 bridgehead atoms. The highest BCUT2D eigenvalue weighted by atomic mass is 32.1. The first kappa shape index (κ1) is 25.6. The Morgan fingerprint density at radius 1 is 1.03 bits per heavy atom. The Kier molecular flexibility index (Phi) is 6.41. The van der Waals surface area contributed by atoms with Gasteiger partial charge in [0.2, 0.25) is 11.1 Å². The fourth-order valence-corrected chi connectivity index (χ4v) is 6.48. The fraction of sp³-hybridized carbons (Fsp3) is 0.375. The quantitative estimate of drug-likeness (QED) is 0.362. The Bertz CT molecular complexity index is 1490. The second-order valence-electron chi connectivity index (χ2n) is 9.40. The molecule has 2 atom stereocenters. The third-order valence-electron chi connectivity index (χ3n) is 6.74. The van der Waals surface area contributed by atoms with Crippen LogP contribution in [0.4, 0.5) is 30.1 Å². The number of nitrogens with one attached hydrogen (secondary N) is 1. The monoisotopic (exact) mass is 573 g/mol. The normalized spacial score (nSPS) is 19.0. The Morgan fingerprint density at radius 3 is 2.33 bits per heavy atom. The molecule has 0 spiro atoms. The molecule has 2 saturated heterocycles. The Labute approximate surface area is 229 Å². The van der Waals surface area contributed by atoms with Gasteiger partial charge in [0.05, 0.1) is 38.8 Å². The number of alkyl halides is 3. The van der Waals surface area contributed by atoms with Crippen molar-refractivity contribution in [2.24, 2.45) is 0 Å². The van der Waals surface area contributed by atoms with Crippen LogP contribution >= 0.6 is 22.9 Å². The first-order valence-electron chi connectivity index (χ1n) is 12.1. The number of aryl methyl sites for hydroxylation is 2. The highest BCUT2D eigenvalue weighted by Gasteiger charge is 2.43. The van der Waals surface area contributed by atoms with Gasteiger partial charge in [-0.25, -0.2) is 19.9 Å². The maximum atomic E-state index is 13.4. The number of carbonyl (C=O) groups excluding carboxylic acids is 1. The van der Waals surface area contributed by atoms with Crippen LogP contribution in [0, 0.1) is 13.8 Å². The summed E-state index contributed by atoms with van der Waals surface area (Å²) in [6.07, 6.45) is 0.258. The average Bonchev–Trinajstić information content (AvgIpc) is 3.58. The summed E-state index contributed by atoms with van der Waals surface area (Å²) in [6, 6.07) is 3.28. The summed E-state index contributed by atoms with van der Waals surface area (Å²) in [4.78, 5) is 39.2. The van der Waals surface area contributed by atoms with Crippen LogP contribution in [0.3, 0.4) is 0 Å². The lowest BCUT2D eigenvalue weighted by molar-refractivity contribution is -0.138. The van der Waals surface area contributed by atoms with E-state index in [0.29, 0.717) is 35.4 Å². The number of hydrogen-bond donors (Lipinski definition) is 1. The molecular formula is C24H22F3N9OS2. The van der Waals surface area contributed by atoms with Crippen LogP contribution in [-0.2, 0) is 6.18 Å². The molecule has 202 valence electrons. The first-order valence-corrected chi connectivity index (χ1v) is 13.7. The number of piperazine rings is 1. The number of thiazole rings is 1. The number of fused-ring (bicyclic) bond motifs is 2. The first-order chi connectivity index (χ1) is 18.7. The second kappa shape index (κ2) is 9.79. The van der Waals surface area contributed by atoms with E-state index in [9.17, 15) is 18.0 Å². The van der Waals surface area contributed by atoms with E-state index in [-0.39, 0.29) is 23.9 Å². The van der Waals surface area contributed by atoms with Gasteiger partial charge in [0.15, 0.2) is 5.82 Å². The van der Waals surface area contributed by atoms with E-state index in [1.807, 2.05) is 23.6 Å². The largest absolute Gasteiger partial charge is 0.419 e. The lowest BCUT2D eigenvalue weighted by atomic mass is 10.1. The van der Waals surface area contributed by atoms with Crippen LogP contribution in [-0.4, -0.2) is 65.3 Å². The van der Waals surface area contributed by atoms with Gasteiger partial charge in [-0.15, -0.1) is 11.3 Å². The second-order valence-corrected chi connectivity index (χ2v) is 11.4. The Morgan fingerprint density at radius 2 is 1.74 bits per heavy atom. The number of amides is 1. The maximum Gasteiger partial charge on any atom is 0.419 e. The van der Waals surface area contributed by atoms with Crippen LogP contribution in [0.15, 0.2) is 30.7 Å². The van der Waals surface area contributed by atoms with Gasteiger partial charge in [-0.1, -0.05) is 0 Å². The van der Waals surface area contributed by atoms with Crippen molar-refractivity contribution in [1.29, 1.82) is 0 Å². The SMILES string of the molecule is Cc1nc(C)c(-c2nsc(Nc3ccc(C(=O)N4[C@@H]5CC[C@H]4CN(c4ncc(C(F)(F)F)cn4)C5)cn3)n2)s1. The van der Waals surface area contributed by atoms with E-state index < -0.39 is 11.7 Å². The highest BCUT2D eigenvalue weighted by molar-refractivity contribution is 7.15. The summed E-state index contributed by atoms with van der Waals surface area (Å²) in [6.45, 7) is 4.79. The molecule has 4 aromatic rings. The molecule has 1 amide bonds. The standard InChI is InChI=1S/C24H22F3N9OS2/c1-12-19(38-13(2)31-12)20-33-23(39-34-20)32-18-6-3-14(7-28-18)21(37)36-16-4-5-17(36)11-35(10-16)22-29-8-15(9-30-22)24(25,26)27/h3,6-9,16-17H,4-5,10-11H2,1-2H3,(H,28,32,33,34)/t16-,17+. The van der Waals surface area contributed by atoms with Gasteiger partial charge in [-0.3, -0.25) is 4.79 Å². The molecule has 0 radical (unpaired) electrons. The van der Waals surface area contributed by atoms with Crippen molar-refractivity contribution in [2.45, 2.75) is 44.9 Å². The molecule has 15 heteroatoms. The van der Waals surface area contributed by atoms with Gasteiger partial charge in [0.1, 0.15) is 5.82 Å². The van der Waals surface area contributed by atoms with Gasteiger partial charge in [-0.05, 0) is 38.8 Å². The van der Waals surface area contributed by atoms with Gasteiger partial charge >= 0.3 is 6.18 Å². The minimum Gasteiger partial charge on any atom is -0.337 e. The topological polar surface area (TPSA) is 113 Å². The van der Waals surface area contributed by atoms with Crippen LogP contribution in [0.1, 0.15) is 39.5 Å². The van der Waals surface area contributed by atoms with E-state index in [2.05, 4.69) is 34.6 Å². The number of aromatic nitrogens is 6. The van der Waals surface area contributed by atoms with Gasteiger partial charge in [-0.2, -0.15) is 22.5 Å². The summed E-state index contributed by atoms with van der Waals surface area (Å²) in [5.74, 6) is 1.28. The van der Waals surface area contributed by atoms with E-state index in [1.54, 1.807) is 23.5 Å². The predicted octanol–water partition coefficient (Wildman–Crippen LogP) is 4.72. The molecule has 2 aliphatic heterocycles. The fourth-order valence-electron chi connectivity index (χ4n) is 4.99. The lowest BCUT2D eigenvalue weighted by Crippen LogP contribution is -2.56. The number of halogens is 3. The van der Waals surface area contributed by atoms with Crippen LogP contribution < -0.4 is 10.2 Å². The average molecular weight is 574 g/mol. The van der Waals surface area contributed by atoms with Gasteiger partial charge in [0, 0.05) is 43.2 Å². The van der Waals surface area contributed by atoms with E-state index in [0.717, 1.165) is 40.8 Å². The van der Waals surface area contributed by atoms with Crippen molar-refractivity contribution >= 4 is 45.7 Å². The summed E-state index contributed by atoms with van der Waals surface area (Å²) in [7, 11) is 0. The summed E-state index contributed by atoms with van der Waals surface area (Å²) < 4.78 is 43.0. The van der Waals surface area contributed by atoms with Crippen LogP contribution in [0.25, 0.3) is 10.7 Å².